The van der Waals surface area contributed by atoms with Gasteiger partial charge in [-0.15, -0.1) is 0 Å². The van der Waals surface area contributed by atoms with E-state index in [1.165, 1.54) is 12.8 Å². The molecule has 0 rings (SSSR count). The maximum absolute atomic E-state index is 6.03. The standard InChI is InChI=1S/C15H34O4Si/c1-6-16-13-11-9-10-12-14-20(17-7-2,18-8-3)19-15(4)5/h15H,6-14H2,1-5H3. The fraction of sp³-hybridized carbons (Fsp3) is 1.00. The van der Waals surface area contributed by atoms with Crippen LogP contribution in [0.1, 0.15) is 60.3 Å². The predicted octanol–water partition coefficient (Wildman–Crippen LogP) is 4.02. The van der Waals surface area contributed by atoms with E-state index in [9.17, 15) is 0 Å². The average Bonchev–Trinajstić information content (AvgIpc) is 2.37. The molecule has 0 aromatic rings. The van der Waals surface area contributed by atoms with Gasteiger partial charge < -0.3 is 18.0 Å². The van der Waals surface area contributed by atoms with Gasteiger partial charge in [0, 0.05) is 38.6 Å². The summed E-state index contributed by atoms with van der Waals surface area (Å²) in [5.41, 5.74) is 0. The first kappa shape index (κ1) is 20.1. The van der Waals surface area contributed by atoms with Crippen LogP contribution in [0.4, 0.5) is 0 Å². The number of rotatable bonds is 14. The molecule has 0 saturated carbocycles. The van der Waals surface area contributed by atoms with Crippen LogP contribution in [0.2, 0.25) is 6.04 Å². The summed E-state index contributed by atoms with van der Waals surface area (Å²) in [6.07, 6.45) is 4.77. The lowest BCUT2D eigenvalue weighted by Crippen LogP contribution is -2.47. The summed E-state index contributed by atoms with van der Waals surface area (Å²) in [6.45, 7) is 13.1. The zero-order chi connectivity index (χ0) is 15.3. The van der Waals surface area contributed by atoms with E-state index in [0.29, 0.717) is 13.2 Å². The Hall–Kier alpha value is 0.0569. The maximum atomic E-state index is 6.03. The third-order valence-corrected chi connectivity index (χ3v) is 6.12. The number of hydrogen-bond donors (Lipinski definition) is 0. The summed E-state index contributed by atoms with van der Waals surface area (Å²) in [6, 6.07) is 0.918. The molecule has 0 heterocycles. The Balaban J connectivity index is 4.06. The van der Waals surface area contributed by atoms with Crippen LogP contribution in [0.15, 0.2) is 0 Å². The van der Waals surface area contributed by atoms with Crippen molar-refractivity contribution >= 4 is 8.80 Å². The van der Waals surface area contributed by atoms with Crippen molar-refractivity contribution in [1.29, 1.82) is 0 Å². The lowest BCUT2D eigenvalue weighted by Gasteiger charge is -2.30. The summed E-state index contributed by atoms with van der Waals surface area (Å²) in [5, 5.41) is 0. The van der Waals surface area contributed by atoms with Crippen molar-refractivity contribution in [3.8, 4) is 0 Å². The second-order valence-electron chi connectivity index (χ2n) is 5.08. The van der Waals surface area contributed by atoms with Crippen LogP contribution in [-0.2, 0) is 18.0 Å². The third kappa shape index (κ3) is 9.88. The molecule has 0 aliphatic heterocycles. The fourth-order valence-corrected chi connectivity index (χ4v) is 5.06. The SMILES string of the molecule is CCOCCCCCC[Si](OCC)(OCC)OC(C)C. The van der Waals surface area contributed by atoms with Crippen molar-refractivity contribution in [2.75, 3.05) is 26.4 Å². The van der Waals surface area contributed by atoms with Crippen LogP contribution in [0, 0.1) is 0 Å². The van der Waals surface area contributed by atoms with Gasteiger partial charge in [0.25, 0.3) is 0 Å². The lowest BCUT2D eigenvalue weighted by atomic mass is 10.2. The van der Waals surface area contributed by atoms with Crippen molar-refractivity contribution in [3.05, 3.63) is 0 Å². The summed E-state index contributed by atoms with van der Waals surface area (Å²) in [4.78, 5) is 0. The Kier molecular flexibility index (Phi) is 12.8. The van der Waals surface area contributed by atoms with Crippen LogP contribution >= 0.6 is 0 Å². The first-order valence-electron chi connectivity index (χ1n) is 8.13. The van der Waals surface area contributed by atoms with E-state index < -0.39 is 8.80 Å². The van der Waals surface area contributed by atoms with Gasteiger partial charge in [0.05, 0.1) is 0 Å². The molecule has 0 aromatic heterocycles. The van der Waals surface area contributed by atoms with Gasteiger partial charge in [-0.2, -0.15) is 0 Å². The molecular formula is C15H34O4Si. The minimum Gasteiger partial charge on any atom is -0.382 e. The van der Waals surface area contributed by atoms with Crippen molar-refractivity contribution in [2.24, 2.45) is 0 Å². The van der Waals surface area contributed by atoms with E-state index in [1.54, 1.807) is 0 Å². The molecule has 0 bridgehead atoms. The highest BCUT2D eigenvalue weighted by molar-refractivity contribution is 6.60. The molecule has 0 amide bonds. The highest BCUT2D eigenvalue weighted by atomic mass is 28.4. The van der Waals surface area contributed by atoms with Gasteiger partial charge in [-0.3, -0.25) is 0 Å². The molecular weight excluding hydrogens is 272 g/mol. The molecule has 5 heteroatoms. The quantitative estimate of drug-likeness (QED) is 0.359. The fourth-order valence-electron chi connectivity index (χ4n) is 2.16. The van der Waals surface area contributed by atoms with E-state index in [1.807, 2.05) is 34.6 Å². The van der Waals surface area contributed by atoms with E-state index >= 15 is 0 Å². The highest BCUT2D eigenvalue weighted by Crippen LogP contribution is 2.21. The minimum absolute atomic E-state index is 0.151. The van der Waals surface area contributed by atoms with Gasteiger partial charge in [-0.25, -0.2) is 0 Å². The first-order valence-corrected chi connectivity index (χ1v) is 10.1. The smallest absolute Gasteiger partial charge is 0.382 e. The van der Waals surface area contributed by atoms with Crippen LogP contribution in [0.25, 0.3) is 0 Å². The van der Waals surface area contributed by atoms with E-state index in [0.717, 1.165) is 32.1 Å². The minimum atomic E-state index is -2.47. The molecule has 0 radical (unpaired) electrons. The van der Waals surface area contributed by atoms with Crippen LogP contribution in [0.5, 0.6) is 0 Å². The average molecular weight is 307 g/mol. The Morgan fingerprint density at radius 3 is 1.90 bits per heavy atom. The zero-order valence-electron chi connectivity index (χ0n) is 14.1. The maximum Gasteiger partial charge on any atom is 0.501 e. The second kappa shape index (κ2) is 12.8. The van der Waals surface area contributed by atoms with Gasteiger partial charge in [0.15, 0.2) is 0 Å². The summed E-state index contributed by atoms with van der Waals surface area (Å²) in [7, 11) is -2.47. The molecule has 4 nitrogen and oxygen atoms in total. The van der Waals surface area contributed by atoms with Gasteiger partial charge in [0.1, 0.15) is 0 Å². The molecule has 0 aromatic carbocycles. The van der Waals surface area contributed by atoms with Gasteiger partial charge in [-0.1, -0.05) is 12.8 Å². The van der Waals surface area contributed by atoms with E-state index in [-0.39, 0.29) is 6.10 Å². The molecule has 0 spiro atoms. The molecule has 20 heavy (non-hydrogen) atoms. The topological polar surface area (TPSA) is 36.9 Å². The number of hydrogen-bond acceptors (Lipinski definition) is 4. The predicted molar refractivity (Wildman–Crippen MR) is 85.0 cm³/mol. The second-order valence-corrected chi connectivity index (χ2v) is 7.76. The summed E-state index contributed by atoms with van der Waals surface area (Å²) >= 11 is 0. The Morgan fingerprint density at radius 1 is 0.800 bits per heavy atom. The summed E-state index contributed by atoms with van der Waals surface area (Å²) in [5.74, 6) is 0. The Bertz CT molecular complexity index is 206. The summed E-state index contributed by atoms with van der Waals surface area (Å²) < 4.78 is 23.2. The molecule has 0 aliphatic carbocycles. The molecule has 122 valence electrons. The van der Waals surface area contributed by atoms with E-state index in [2.05, 4.69) is 0 Å². The molecule has 0 atom stereocenters. The van der Waals surface area contributed by atoms with Crippen molar-refractivity contribution < 1.29 is 18.0 Å². The largest absolute Gasteiger partial charge is 0.501 e. The Labute approximate surface area is 126 Å². The van der Waals surface area contributed by atoms with Gasteiger partial charge >= 0.3 is 8.80 Å². The number of ether oxygens (including phenoxy) is 1. The van der Waals surface area contributed by atoms with E-state index in [4.69, 9.17) is 18.0 Å². The van der Waals surface area contributed by atoms with Crippen molar-refractivity contribution in [3.63, 3.8) is 0 Å². The highest BCUT2D eigenvalue weighted by Gasteiger charge is 2.40. The normalized spacial score (nSPS) is 12.3. The third-order valence-electron chi connectivity index (χ3n) is 2.87. The van der Waals surface area contributed by atoms with Gasteiger partial charge in [-0.05, 0) is 47.5 Å². The zero-order valence-corrected chi connectivity index (χ0v) is 15.1. The molecule has 0 fully saturated rings. The van der Waals surface area contributed by atoms with Crippen LogP contribution in [-0.4, -0.2) is 41.3 Å². The number of unbranched alkanes of at least 4 members (excludes halogenated alkanes) is 3. The monoisotopic (exact) mass is 306 g/mol. The van der Waals surface area contributed by atoms with Gasteiger partial charge in [0.2, 0.25) is 0 Å². The molecule has 0 aliphatic rings. The van der Waals surface area contributed by atoms with Crippen LogP contribution < -0.4 is 0 Å². The molecule has 0 unspecified atom stereocenters. The lowest BCUT2D eigenvalue weighted by molar-refractivity contribution is 0.0437. The van der Waals surface area contributed by atoms with Crippen molar-refractivity contribution in [1.82, 2.24) is 0 Å². The molecule has 0 N–H and O–H groups in total. The van der Waals surface area contributed by atoms with Crippen molar-refractivity contribution in [2.45, 2.75) is 72.5 Å². The van der Waals surface area contributed by atoms with Crippen LogP contribution in [0.3, 0.4) is 0 Å². The Morgan fingerprint density at radius 2 is 1.40 bits per heavy atom. The first-order chi connectivity index (χ1) is 9.60. The molecule has 0 saturated heterocycles.